The van der Waals surface area contributed by atoms with Gasteiger partial charge in [0.05, 0.1) is 0 Å². The summed E-state index contributed by atoms with van der Waals surface area (Å²) in [4.78, 5) is 0. The van der Waals surface area contributed by atoms with Crippen molar-refractivity contribution in [2.45, 2.75) is 29.4 Å². The summed E-state index contributed by atoms with van der Waals surface area (Å²) in [6.45, 7) is 2.29. The normalized spacial score (nSPS) is 12.0. The molecule has 0 rings (SSSR count). The second-order valence-corrected chi connectivity index (χ2v) is 15.1. The van der Waals surface area contributed by atoms with E-state index in [9.17, 15) is 0 Å². The van der Waals surface area contributed by atoms with E-state index in [4.69, 9.17) is 0 Å². The van der Waals surface area contributed by atoms with Crippen molar-refractivity contribution in [3.63, 3.8) is 0 Å². The Morgan fingerprint density at radius 3 is 1.33 bits per heavy atom. The summed E-state index contributed by atoms with van der Waals surface area (Å²) >= 11 is -1.04. The molecule has 0 N–H and O–H groups in total. The average Bonchev–Trinajstić information content (AvgIpc) is 1.35. The van der Waals surface area contributed by atoms with Crippen LogP contribution in [0.5, 0.6) is 0 Å². The van der Waals surface area contributed by atoms with Crippen LogP contribution >= 0.6 is 0 Å². The van der Waals surface area contributed by atoms with Crippen molar-refractivity contribution in [2.75, 3.05) is 0 Å². The maximum atomic E-state index is 2.43. The molecule has 0 aromatic rings. The van der Waals surface area contributed by atoms with Crippen molar-refractivity contribution in [1.82, 2.24) is 0 Å². The molecule has 0 bridgehead atoms. The van der Waals surface area contributed by atoms with Crippen LogP contribution in [-0.2, 0) is 0 Å². The van der Waals surface area contributed by atoms with E-state index in [1.165, 1.54) is 5.25 Å². The maximum absolute atomic E-state index is 2.43. The quantitative estimate of drug-likeness (QED) is 0.499. The topological polar surface area (TPSA) is 0 Å². The monoisotopic (exact) mass is 148 g/mol. The first kappa shape index (κ1) is 6.54. The third-order valence-corrected chi connectivity index (χ3v) is 5.51. The van der Waals surface area contributed by atoms with Crippen LogP contribution < -0.4 is 0 Å². The standard InChI is InChI=1S/C5H14Ge/c1-5-6(2,3)4/h5H2,1-4H3. The van der Waals surface area contributed by atoms with E-state index in [1.54, 1.807) is 0 Å². The van der Waals surface area contributed by atoms with Crippen LogP contribution in [0.1, 0.15) is 6.92 Å². The van der Waals surface area contributed by atoms with Gasteiger partial charge in [-0.2, -0.15) is 0 Å². The first-order valence-electron chi connectivity index (χ1n) is 2.56. The van der Waals surface area contributed by atoms with Crippen molar-refractivity contribution < 1.29 is 0 Å². The molecule has 0 amide bonds. The predicted octanol–water partition coefficient (Wildman–Crippen LogP) is 2.34. The van der Waals surface area contributed by atoms with Gasteiger partial charge in [-0.05, 0) is 0 Å². The van der Waals surface area contributed by atoms with E-state index in [0.717, 1.165) is 0 Å². The fourth-order valence-corrected chi connectivity index (χ4v) is 0. The molecule has 0 aromatic heterocycles. The van der Waals surface area contributed by atoms with Gasteiger partial charge in [-0.1, -0.05) is 0 Å². The van der Waals surface area contributed by atoms with Gasteiger partial charge in [-0.25, -0.2) is 0 Å². The van der Waals surface area contributed by atoms with Crippen LogP contribution in [0.25, 0.3) is 0 Å². The van der Waals surface area contributed by atoms with E-state index < -0.39 is 13.3 Å². The Hall–Kier alpha value is 0.543. The van der Waals surface area contributed by atoms with Gasteiger partial charge in [-0.15, -0.1) is 0 Å². The van der Waals surface area contributed by atoms with Gasteiger partial charge >= 0.3 is 42.7 Å². The summed E-state index contributed by atoms with van der Waals surface area (Å²) in [5.41, 5.74) is 0. The van der Waals surface area contributed by atoms with Crippen LogP contribution in [0.3, 0.4) is 0 Å². The Balaban J connectivity index is 3.17. The molecule has 38 valence electrons. The van der Waals surface area contributed by atoms with Gasteiger partial charge in [0.15, 0.2) is 0 Å². The molecule has 0 atom stereocenters. The SMILES string of the molecule is C[CH2][Ge]([CH3])([CH3])[CH3]. The summed E-state index contributed by atoms with van der Waals surface area (Å²) in [5, 5.41) is 1.46. The zero-order valence-corrected chi connectivity index (χ0v) is 7.31. The van der Waals surface area contributed by atoms with Crippen molar-refractivity contribution >= 4 is 13.3 Å². The van der Waals surface area contributed by atoms with E-state index in [0.29, 0.717) is 0 Å². The van der Waals surface area contributed by atoms with Gasteiger partial charge in [-0.3, -0.25) is 0 Å². The molecule has 0 aliphatic rings. The first-order chi connectivity index (χ1) is 2.56. The third kappa shape index (κ3) is 4.54. The molecule has 0 spiro atoms. The summed E-state index contributed by atoms with van der Waals surface area (Å²) in [7, 11) is 0. The van der Waals surface area contributed by atoms with Crippen LogP contribution in [0.15, 0.2) is 0 Å². The molecule has 0 saturated carbocycles. The zero-order chi connectivity index (χ0) is 5.21. The molecule has 0 aliphatic heterocycles. The minimum absolute atomic E-state index is 1.04. The summed E-state index contributed by atoms with van der Waals surface area (Å²) in [5.74, 6) is 7.29. The fraction of sp³-hybridized carbons (Fsp3) is 1.00. The molecule has 0 saturated heterocycles. The Bertz CT molecular complexity index is 33.7. The van der Waals surface area contributed by atoms with Crippen molar-refractivity contribution in [2.24, 2.45) is 0 Å². The summed E-state index contributed by atoms with van der Waals surface area (Å²) in [6, 6.07) is 0. The Morgan fingerprint density at radius 2 is 1.33 bits per heavy atom. The molecule has 6 heavy (non-hydrogen) atoms. The molecular formula is C5H14Ge. The molecule has 1 heteroatoms. The van der Waals surface area contributed by atoms with E-state index in [2.05, 4.69) is 24.2 Å². The summed E-state index contributed by atoms with van der Waals surface area (Å²) < 4.78 is 0. The Labute approximate surface area is 43.3 Å². The van der Waals surface area contributed by atoms with Crippen LogP contribution in [0, 0.1) is 0 Å². The summed E-state index contributed by atoms with van der Waals surface area (Å²) in [6.07, 6.45) is 0. The molecule has 0 nitrogen and oxygen atoms in total. The molecule has 0 radical (unpaired) electrons. The van der Waals surface area contributed by atoms with E-state index in [-0.39, 0.29) is 0 Å². The van der Waals surface area contributed by atoms with Gasteiger partial charge in [0.2, 0.25) is 0 Å². The van der Waals surface area contributed by atoms with Gasteiger partial charge in [0.25, 0.3) is 0 Å². The second kappa shape index (κ2) is 2.01. The molecule has 0 aromatic carbocycles. The molecule has 0 heterocycles. The van der Waals surface area contributed by atoms with Crippen LogP contribution in [0.2, 0.25) is 22.5 Å². The minimum atomic E-state index is -1.04. The van der Waals surface area contributed by atoms with Crippen LogP contribution in [-0.4, -0.2) is 13.3 Å². The fourth-order valence-electron chi connectivity index (χ4n) is 0. The molecule has 0 fully saturated rings. The first-order valence-corrected chi connectivity index (χ1v) is 10.3. The van der Waals surface area contributed by atoms with Gasteiger partial charge in [0, 0.05) is 0 Å². The molecular weight excluding hydrogens is 133 g/mol. The number of hydrogen-bond donors (Lipinski definition) is 0. The second-order valence-electron chi connectivity index (χ2n) is 2.91. The van der Waals surface area contributed by atoms with E-state index >= 15 is 0 Å². The van der Waals surface area contributed by atoms with Crippen molar-refractivity contribution in [3.8, 4) is 0 Å². The molecule has 0 aliphatic carbocycles. The number of rotatable bonds is 1. The third-order valence-electron chi connectivity index (χ3n) is 1.06. The molecule has 0 unspecified atom stereocenters. The van der Waals surface area contributed by atoms with Crippen molar-refractivity contribution in [1.29, 1.82) is 0 Å². The zero-order valence-electron chi connectivity index (χ0n) is 5.21. The van der Waals surface area contributed by atoms with Gasteiger partial charge < -0.3 is 0 Å². The van der Waals surface area contributed by atoms with Crippen LogP contribution in [0.4, 0.5) is 0 Å². The van der Waals surface area contributed by atoms with Crippen molar-refractivity contribution in [3.05, 3.63) is 0 Å². The van der Waals surface area contributed by atoms with E-state index in [1.807, 2.05) is 0 Å². The average molecular weight is 147 g/mol. The number of hydrogen-bond acceptors (Lipinski definition) is 0. The Kier molecular flexibility index (Phi) is 2.19. The van der Waals surface area contributed by atoms with Gasteiger partial charge in [0.1, 0.15) is 0 Å². The Morgan fingerprint density at radius 1 is 1.17 bits per heavy atom. The predicted molar refractivity (Wildman–Crippen MR) is 33.8 cm³/mol.